The molecule has 0 bridgehead atoms. The van der Waals surface area contributed by atoms with Gasteiger partial charge in [-0.15, -0.1) is 0 Å². The number of hydrogen-bond acceptors (Lipinski definition) is 8. The smallest absolute Gasteiger partial charge is 0.303 e. The summed E-state index contributed by atoms with van der Waals surface area (Å²) in [6, 6.07) is 30.8. The maximum absolute atomic E-state index is 13.3. The van der Waals surface area contributed by atoms with E-state index in [1.165, 1.54) is 11.6 Å². The second-order valence-corrected chi connectivity index (χ2v) is 13.3. The standard InChI is InChI=1S/C38H39N3O8S/c42-35(43)18-10-24-41-27-34(38(45)40-50(46,47)26-23-29-13-5-2-6-14-29)49-36-32(16-9-17-33(36)41)39-37(44)30-19-21-31(22-20-30)48-25-8-7-15-28-11-3-1-4-12-28/h1-6,9,11-14,16-17,19-23,26,34H,7-8,10,15,18,24-25,27H2,(H,39,44)(H,40,45)(H,42,43)/b26-23+. The molecule has 0 radical (unpaired) electrons. The highest BCUT2D eigenvalue weighted by molar-refractivity contribution is 7.93. The maximum Gasteiger partial charge on any atom is 0.303 e. The van der Waals surface area contributed by atoms with Crippen LogP contribution in [0.1, 0.15) is 47.2 Å². The molecule has 3 N–H and O–H groups in total. The van der Waals surface area contributed by atoms with Crippen molar-refractivity contribution in [3.8, 4) is 11.5 Å². The molecule has 1 aliphatic heterocycles. The molecule has 0 aliphatic carbocycles. The lowest BCUT2D eigenvalue weighted by Gasteiger charge is -2.36. The number of para-hydroxylation sites is 1. The van der Waals surface area contributed by atoms with Crippen molar-refractivity contribution in [1.29, 1.82) is 0 Å². The number of carboxylic acids is 1. The number of ether oxygens (including phenoxy) is 2. The first-order valence-corrected chi connectivity index (χ1v) is 17.9. The van der Waals surface area contributed by atoms with Gasteiger partial charge in [0.2, 0.25) is 0 Å². The number of carboxylic acid groups (broad SMARTS) is 1. The molecule has 1 atom stereocenters. The van der Waals surface area contributed by atoms with Crippen molar-refractivity contribution in [3.63, 3.8) is 0 Å². The van der Waals surface area contributed by atoms with Crippen LogP contribution in [0, 0.1) is 0 Å². The van der Waals surface area contributed by atoms with Gasteiger partial charge in [0.15, 0.2) is 11.9 Å². The second-order valence-electron chi connectivity index (χ2n) is 11.7. The van der Waals surface area contributed by atoms with E-state index in [0.29, 0.717) is 29.2 Å². The number of fused-ring (bicyclic) bond motifs is 1. The van der Waals surface area contributed by atoms with Crippen LogP contribution in [0.2, 0.25) is 0 Å². The molecule has 1 unspecified atom stereocenters. The van der Waals surface area contributed by atoms with Crippen molar-refractivity contribution in [3.05, 3.63) is 125 Å². The summed E-state index contributed by atoms with van der Waals surface area (Å²) in [5.74, 6) is -1.51. The van der Waals surface area contributed by atoms with Crippen molar-refractivity contribution in [2.75, 3.05) is 29.9 Å². The minimum Gasteiger partial charge on any atom is -0.494 e. The zero-order chi connectivity index (χ0) is 35.3. The van der Waals surface area contributed by atoms with Crippen molar-refractivity contribution in [2.24, 2.45) is 0 Å². The molecular weight excluding hydrogens is 658 g/mol. The predicted octanol–water partition coefficient (Wildman–Crippen LogP) is 5.89. The van der Waals surface area contributed by atoms with Gasteiger partial charge in [0.1, 0.15) is 5.75 Å². The first kappa shape index (κ1) is 35.7. The van der Waals surface area contributed by atoms with E-state index in [4.69, 9.17) is 9.47 Å². The van der Waals surface area contributed by atoms with Gasteiger partial charge in [-0.05, 0) is 79.3 Å². The minimum atomic E-state index is -4.18. The van der Waals surface area contributed by atoms with Gasteiger partial charge in [-0.25, -0.2) is 13.1 Å². The molecule has 4 aromatic rings. The van der Waals surface area contributed by atoms with Crippen molar-refractivity contribution in [2.45, 2.75) is 38.2 Å². The van der Waals surface area contributed by atoms with Gasteiger partial charge in [0, 0.05) is 18.5 Å². The molecule has 1 heterocycles. The van der Waals surface area contributed by atoms with Crippen molar-refractivity contribution >= 4 is 45.3 Å². The predicted molar refractivity (Wildman–Crippen MR) is 192 cm³/mol. The third kappa shape index (κ3) is 10.4. The highest BCUT2D eigenvalue weighted by Gasteiger charge is 2.34. The molecule has 11 nitrogen and oxygen atoms in total. The molecule has 5 rings (SSSR count). The average molecular weight is 698 g/mol. The summed E-state index contributed by atoms with van der Waals surface area (Å²) >= 11 is 0. The molecular formula is C38H39N3O8S. The fraction of sp³-hybridized carbons (Fsp3) is 0.237. The number of aliphatic carboxylic acids is 1. The number of hydrogen-bond donors (Lipinski definition) is 3. The largest absolute Gasteiger partial charge is 0.494 e. The van der Waals surface area contributed by atoms with Crippen LogP contribution < -0.4 is 24.4 Å². The number of aryl methyl sites for hydroxylation is 1. The van der Waals surface area contributed by atoms with Gasteiger partial charge >= 0.3 is 5.97 Å². The van der Waals surface area contributed by atoms with E-state index in [-0.39, 0.29) is 37.4 Å². The molecule has 4 aromatic carbocycles. The van der Waals surface area contributed by atoms with Gasteiger partial charge in [0.05, 0.1) is 29.9 Å². The lowest BCUT2D eigenvalue weighted by molar-refractivity contribution is -0.137. The monoisotopic (exact) mass is 697 g/mol. The quantitative estimate of drug-likeness (QED) is 0.122. The number of amides is 2. The van der Waals surface area contributed by atoms with Gasteiger partial charge in [-0.3, -0.25) is 14.4 Å². The Balaban J connectivity index is 1.24. The Labute approximate surface area is 291 Å². The Morgan fingerprint density at radius 3 is 2.32 bits per heavy atom. The van der Waals surface area contributed by atoms with E-state index in [1.54, 1.807) is 77.7 Å². The van der Waals surface area contributed by atoms with Gasteiger partial charge in [0.25, 0.3) is 21.8 Å². The Kier molecular flexibility index (Phi) is 12.2. The van der Waals surface area contributed by atoms with E-state index in [0.717, 1.165) is 24.7 Å². The molecule has 0 spiro atoms. The Hall–Kier alpha value is -5.62. The fourth-order valence-electron chi connectivity index (χ4n) is 5.38. The summed E-state index contributed by atoms with van der Waals surface area (Å²) in [7, 11) is -4.18. The van der Waals surface area contributed by atoms with E-state index < -0.39 is 33.9 Å². The first-order chi connectivity index (χ1) is 24.2. The van der Waals surface area contributed by atoms with Gasteiger partial charge < -0.3 is 24.8 Å². The number of unbranched alkanes of at least 4 members (excludes halogenated alkanes) is 1. The average Bonchev–Trinajstić information content (AvgIpc) is 3.11. The van der Waals surface area contributed by atoms with Gasteiger partial charge in [-0.2, -0.15) is 0 Å². The van der Waals surface area contributed by atoms with E-state index in [9.17, 15) is 27.9 Å². The summed E-state index contributed by atoms with van der Waals surface area (Å²) in [6.07, 6.45) is 3.10. The highest BCUT2D eigenvalue weighted by Crippen LogP contribution is 2.40. The molecule has 260 valence electrons. The van der Waals surface area contributed by atoms with Crippen LogP contribution in [0.3, 0.4) is 0 Å². The van der Waals surface area contributed by atoms with Crippen molar-refractivity contribution < 1.29 is 37.4 Å². The molecule has 0 saturated heterocycles. The van der Waals surface area contributed by atoms with Crippen LogP contribution >= 0.6 is 0 Å². The lowest BCUT2D eigenvalue weighted by atomic mass is 10.1. The number of benzene rings is 4. The highest BCUT2D eigenvalue weighted by atomic mass is 32.2. The zero-order valence-electron chi connectivity index (χ0n) is 27.4. The summed E-state index contributed by atoms with van der Waals surface area (Å²) < 4.78 is 39.4. The Morgan fingerprint density at radius 2 is 1.60 bits per heavy atom. The molecule has 0 saturated carbocycles. The molecule has 1 aliphatic rings. The maximum atomic E-state index is 13.3. The van der Waals surface area contributed by atoms with E-state index >= 15 is 0 Å². The molecule has 0 fully saturated rings. The summed E-state index contributed by atoms with van der Waals surface area (Å²) in [5.41, 5.74) is 3.07. The normalized spacial score (nSPS) is 14.0. The topological polar surface area (TPSA) is 151 Å². The number of anilines is 2. The number of rotatable bonds is 16. The molecule has 0 aromatic heterocycles. The number of nitrogens with zero attached hydrogens (tertiary/aromatic N) is 1. The number of carbonyl (C=O) groups excluding carboxylic acids is 2. The first-order valence-electron chi connectivity index (χ1n) is 16.3. The Morgan fingerprint density at radius 1 is 0.880 bits per heavy atom. The Bertz CT molecular complexity index is 1900. The minimum absolute atomic E-state index is 0.0402. The van der Waals surface area contributed by atoms with E-state index in [1.807, 2.05) is 22.9 Å². The number of nitrogens with one attached hydrogen (secondary N) is 2. The SMILES string of the molecule is O=C(O)CCCN1CC(C(=O)NS(=O)(=O)/C=C/c2ccccc2)Oc2c(NC(=O)c3ccc(OCCCCc4ccccc4)cc3)cccc21. The summed E-state index contributed by atoms with van der Waals surface area (Å²) in [4.78, 5) is 39.5. The van der Waals surface area contributed by atoms with Crippen LogP contribution in [-0.4, -0.2) is 57.1 Å². The third-order valence-corrected chi connectivity index (χ3v) is 8.89. The molecule has 2 amide bonds. The molecule has 50 heavy (non-hydrogen) atoms. The van der Waals surface area contributed by atoms with Crippen LogP contribution in [0.15, 0.2) is 109 Å². The van der Waals surface area contributed by atoms with Crippen LogP contribution in [0.5, 0.6) is 11.5 Å². The van der Waals surface area contributed by atoms with Crippen LogP contribution in [-0.2, 0) is 26.0 Å². The van der Waals surface area contributed by atoms with E-state index in [2.05, 4.69) is 17.4 Å². The van der Waals surface area contributed by atoms with Crippen molar-refractivity contribution in [1.82, 2.24) is 4.72 Å². The lowest BCUT2D eigenvalue weighted by Crippen LogP contribution is -2.50. The second kappa shape index (κ2) is 17.2. The van der Waals surface area contributed by atoms with Crippen LogP contribution in [0.4, 0.5) is 11.4 Å². The number of sulfonamides is 1. The van der Waals surface area contributed by atoms with Gasteiger partial charge in [-0.1, -0.05) is 66.7 Å². The zero-order valence-corrected chi connectivity index (χ0v) is 28.2. The number of carbonyl (C=O) groups is 3. The van der Waals surface area contributed by atoms with Crippen LogP contribution in [0.25, 0.3) is 6.08 Å². The summed E-state index contributed by atoms with van der Waals surface area (Å²) in [5, 5.41) is 12.9. The fourth-order valence-corrected chi connectivity index (χ4v) is 6.19. The summed E-state index contributed by atoms with van der Waals surface area (Å²) in [6.45, 7) is 0.758. The third-order valence-electron chi connectivity index (χ3n) is 7.91. The molecule has 12 heteroatoms.